The van der Waals surface area contributed by atoms with Crippen LogP contribution in [0.1, 0.15) is 45.9 Å². The number of aliphatic hydroxyl groups excluding tert-OH is 1. The summed E-state index contributed by atoms with van der Waals surface area (Å²) in [5, 5.41) is 9.89. The predicted octanol–water partition coefficient (Wildman–Crippen LogP) is 3.73. The molecule has 2 rings (SSSR count). The second-order valence-corrected chi connectivity index (χ2v) is 6.87. The summed E-state index contributed by atoms with van der Waals surface area (Å²) in [5.74, 6) is 0.617. The third kappa shape index (κ3) is 3.65. The molecular formula is C18H23BrN2O3. The fourth-order valence-corrected chi connectivity index (χ4v) is 3.40. The lowest BCUT2D eigenvalue weighted by Crippen LogP contribution is -2.27. The van der Waals surface area contributed by atoms with E-state index in [2.05, 4.69) is 20.9 Å². The highest BCUT2D eigenvalue weighted by Crippen LogP contribution is 2.27. The molecule has 1 aromatic carbocycles. The summed E-state index contributed by atoms with van der Waals surface area (Å²) in [7, 11) is 3.36. The van der Waals surface area contributed by atoms with Crippen LogP contribution >= 0.6 is 15.9 Å². The zero-order chi connectivity index (χ0) is 18.0. The number of rotatable bonds is 5. The van der Waals surface area contributed by atoms with Crippen molar-refractivity contribution in [3.05, 3.63) is 50.8 Å². The Labute approximate surface area is 150 Å². The van der Waals surface area contributed by atoms with Crippen molar-refractivity contribution >= 4 is 21.8 Å². The summed E-state index contributed by atoms with van der Waals surface area (Å²) in [6, 6.07) is 5.71. The highest BCUT2D eigenvalue weighted by Gasteiger charge is 2.23. The van der Waals surface area contributed by atoms with E-state index >= 15 is 0 Å². The first-order chi connectivity index (χ1) is 11.3. The number of ether oxygens (including phenoxy) is 1. The number of halogens is 1. The van der Waals surface area contributed by atoms with Crippen molar-refractivity contribution < 1.29 is 14.6 Å². The van der Waals surface area contributed by atoms with E-state index in [-0.39, 0.29) is 5.91 Å². The van der Waals surface area contributed by atoms with Crippen molar-refractivity contribution in [3.8, 4) is 5.75 Å². The van der Waals surface area contributed by atoms with Gasteiger partial charge in [0.1, 0.15) is 11.4 Å². The average Bonchev–Trinajstić information content (AvgIpc) is 2.81. The van der Waals surface area contributed by atoms with Crippen LogP contribution in [0.25, 0.3) is 0 Å². The minimum Gasteiger partial charge on any atom is -0.496 e. The van der Waals surface area contributed by atoms with Crippen molar-refractivity contribution in [2.24, 2.45) is 0 Å². The number of benzene rings is 1. The number of hydrogen-bond donors (Lipinski definition) is 2. The summed E-state index contributed by atoms with van der Waals surface area (Å²) in [5.41, 5.74) is 3.82. The molecule has 0 aliphatic heterocycles. The summed E-state index contributed by atoms with van der Waals surface area (Å²) >= 11 is 3.44. The summed E-state index contributed by atoms with van der Waals surface area (Å²) in [4.78, 5) is 17.5. The monoisotopic (exact) mass is 394 g/mol. The van der Waals surface area contributed by atoms with E-state index in [4.69, 9.17) is 4.74 Å². The van der Waals surface area contributed by atoms with Crippen molar-refractivity contribution in [1.29, 1.82) is 0 Å². The maximum atomic E-state index is 12.8. The lowest BCUT2D eigenvalue weighted by Gasteiger charge is -2.19. The third-order valence-corrected chi connectivity index (χ3v) is 4.62. The van der Waals surface area contributed by atoms with Crippen LogP contribution < -0.4 is 4.74 Å². The van der Waals surface area contributed by atoms with Gasteiger partial charge in [-0.25, -0.2) is 0 Å². The molecular weight excluding hydrogens is 372 g/mol. The Morgan fingerprint density at radius 2 is 2.08 bits per heavy atom. The number of aryl methyl sites for hydroxylation is 1. The zero-order valence-corrected chi connectivity index (χ0v) is 16.2. The van der Waals surface area contributed by atoms with Crippen molar-refractivity contribution in [2.45, 2.75) is 33.4 Å². The van der Waals surface area contributed by atoms with Crippen LogP contribution in [0.15, 0.2) is 22.7 Å². The third-order valence-electron chi connectivity index (χ3n) is 4.12. The van der Waals surface area contributed by atoms with Gasteiger partial charge < -0.3 is 19.7 Å². The smallest absolute Gasteiger partial charge is 0.270 e. The van der Waals surface area contributed by atoms with E-state index in [0.29, 0.717) is 12.2 Å². The van der Waals surface area contributed by atoms with Crippen LogP contribution in [0, 0.1) is 13.8 Å². The van der Waals surface area contributed by atoms with Crippen LogP contribution in [0.2, 0.25) is 0 Å². The van der Waals surface area contributed by atoms with E-state index in [1.807, 2.05) is 32.0 Å². The Morgan fingerprint density at radius 3 is 2.62 bits per heavy atom. The molecule has 0 bridgehead atoms. The second-order valence-electron chi connectivity index (χ2n) is 5.96. The Balaban J connectivity index is 2.28. The molecule has 1 unspecified atom stereocenters. The highest BCUT2D eigenvalue weighted by molar-refractivity contribution is 9.10. The van der Waals surface area contributed by atoms with Crippen LogP contribution in [0.5, 0.6) is 5.75 Å². The van der Waals surface area contributed by atoms with Gasteiger partial charge in [-0.15, -0.1) is 0 Å². The molecule has 0 fully saturated rings. The number of nitrogens with one attached hydrogen (secondary N) is 1. The number of carbonyl (C=O) groups excluding carboxylic acids is 1. The van der Waals surface area contributed by atoms with Crippen molar-refractivity contribution in [3.63, 3.8) is 0 Å². The minimum atomic E-state index is -0.613. The maximum Gasteiger partial charge on any atom is 0.270 e. The Kier molecular flexibility index (Phi) is 5.72. The van der Waals surface area contributed by atoms with Gasteiger partial charge in [0, 0.05) is 34.9 Å². The van der Waals surface area contributed by atoms with Crippen molar-refractivity contribution in [2.75, 3.05) is 14.2 Å². The molecule has 6 heteroatoms. The molecule has 2 N–H and O–H groups in total. The second kappa shape index (κ2) is 7.40. The zero-order valence-electron chi connectivity index (χ0n) is 14.6. The van der Waals surface area contributed by atoms with E-state index in [0.717, 1.165) is 32.6 Å². The van der Waals surface area contributed by atoms with Gasteiger partial charge in [0.2, 0.25) is 0 Å². The van der Waals surface area contributed by atoms with Gasteiger partial charge in [0.05, 0.1) is 13.2 Å². The summed E-state index contributed by atoms with van der Waals surface area (Å²) in [6.45, 7) is 5.84. The molecule has 1 amide bonds. The van der Waals surface area contributed by atoms with E-state index in [1.165, 1.54) is 0 Å². The number of carbonyl (C=O) groups is 1. The molecule has 1 aromatic heterocycles. The van der Waals surface area contributed by atoms with Gasteiger partial charge in [0.25, 0.3) is 5.91 Å². The van der Waals surface area contributed by atoms with Crippen LogP contribution in [-0.2, 0) is 6.54 Å². The Bertz CT molecular complexity index is 753. The standard InChI is InChI=1S/C18H23BrN2O3/c1-10-16(12(3)22)11(2)20-17(10)18(23)21(4)9-13-8-14(19)6-7-15(13)24-5/h6-8,12,20,22H,9H2,1-5H3. The number of aliphatic hydroxyl groups is 1. The van der Waals surface area contributed by atoms with E-state index in [1.54, 1.807) is 26.0 Å². The molecule has 24 heavy (non-hydrogen) atoms. The lowest BCUT2D eigenvalue weighted by molar-refractivity contribution is 0.0778. The fraction of sp³-hybridized carbons (Fsp3) is 0.389. The Hall–Kier alpha value is -1.79. The van der Waals surface area contributed by atoms with Gasteiger partial charge in [0.15, 0.2) is 0 Å². The topological polar surface area (TPSA) is 65.6 Å². The predicted molar refractivity (Wildman–Crippen MR) is 97.4 cm³/mol. The summed E-state index contributed by atoms with van der Waals surface area (Å²) in [6.07, 6.45) is -0.613. The number of aromatic amines is 1. The van der Waals surface area contributed by atoms with E-state index in [9.17, 15) is 9.90 Å². The molecule has 130 valence electrons. The molecule has 2 aromatic rings. The molecule has 5 nitrogen and oxygen atoms in total. The number of amides is 1. The first-order valence-corrected chi connectivity index (χ1v) is 8.50. The molecule has 1 atom stereocenters. The minimum absolute atomic E-state index is 0.121. The number of aromatic nitrogens is 1. The first kappa shape index (κ1) is 18.5. The molecule has 0 aliphatic carbocycles. The Morgan fingerprint density at radius 1 is 1.42 bits per heavy atom. The van der Waals surface area contributed by atoms with Crippen LogP contribution in [0.3, 0.4) is 0 Å². The molecule has 0 saturated heterocycles. The first-order valence-electron chi connectivity index (χ1n) is 7.71. The van der Waals surface area contributed by atoms with Gasteiger partial charge in [-0.3, -0.25) is 4.79 Å². The summed E-state index contributed by atoms with van der Waals surface area (Å²) < 4.78 is 6.30. The van der Waals surface area contributed by atoms with Gasteiger partial charge >= 0.3 is 0 Å². The van der Waals surface area contributed by atoms with Crippen molar-refractivity contribution in [1.82, 2.24) is 9.88 Å². The number of hydrogen-bond acceptors (Lipinski definition) is 3. The molecule has 1 heterocycles. The fourth-order valence-electron chi connectivity index (χ4n) is 2.99. The molecule has 0 spiro atoms. The van der Waals surface area contributed by atoms with Gasteiger partial charge in [-0.05, 0) is 44.5 Å². The number of nitrogens with zero attached hydrogens (tertiary/aromatic N) is 1. The molecule has 0 aliphatic rings. The van der Waals surface area contributed by atoms with Gasteiger partial charge in [-0.2, -0.15) is 0 Å². The van der Waals surface area contributed by atoms with Gasteiger partial charge in [-0.1, -0.05) is 15.9 Å². The largest absolute Gasteiger partial charge is 0.496 e. The quantitative estimate of drug-likeness (QED) is 0.811. The van der Waals surface area contributed by atoms with Crippen LogP contribution in [-0.4, -0.2) is 35.1 Å². The van der Waals surface area contributed by atoms with E-state index < -0.39 is 6.10 Å². The normalized spacial score (nSPS) is 12.1. The number of methoxy groups -OCH3 is 1. The molecule has 0 radical (unpaired) electrons. The SMILES string of the molecule is COc1ccc(Br)cc1CN(C)C(=O)c1[nH]c(C)c(C(C)O)c1C. The lowest BCUT2D eigenvalue weighted by atomic mass is 10.1. The maximum absolute atomic E-state index is 12.8. The highest BCUT2D eigenvalue weighted by atomic mass is 79.9. The number of H-pyrrole nitrogens is 1. The van der Waals surface area contributed by atoms with Crippen LogP contribution in [0.4, 0.5) is 0 Å². The molecule has 0 saturated carbocycles. The average molecular weight is 395 g/mol.